The van der Waals surface area contributed by atoms with E-state index >= 15 is 0 Å². The number of hydrogen-bond acceptors (Lipinski definition) is 4. The Kier molecular flexibility index (Phi) is 4.50. The summed E-state index contributed by atoms with van der Waals surface area (Å²) in [5, 5.41) is 2.93. The molecule has 2 unspecified atom stereocenters. The van der Waals surface area contributed by atoms with Crippen LogP contribution in [0.4, 0.5) is 23.2 Å². The Morgan fingerprint density at radius 1 is 1.12 bits per heavy atom. The monoisotopic (exact) mass is 366 g/mol. The maximum absolute atomic E-state index is 13.4. The number of rotatable bonds is 3. The molecule has 3 rings (SSSR count). The van der Waals surface area contributed by atoms with Crippen LogP contribution in [0.25, 0.3) is 0 Å². The summed E-state index contributed by atoms with van der Waals surface area (Å²) in [7, 11) is -5.62. The highest BCUT2D eigenvalue weighted by molar-refractivity contribution is 7.92. The summed E-state index contributed by atoms with van der Waals surface area (Å²) >= 11 is 0. The molecule has 1 N–H and O–H groups in total. The van der Waals surface area contributed by atoms with Gasteiger partial charge in [-0.15, -0.1) is 0 Å². The second-order valence-corrected chi connectivity index (χ2v) is 8.14. The van der Waals surface area contributed by atoms with E-state index in [0.717, 1.165) is 44.5 Å². The Morgan fingerprint density at radius 3 is 2.58 bits per heavy atom. The fourth-order valence-corrected chi connectivity index (χ4v) is 4.51. The van der Waals surface area contributed by atoms with Crippen molar-refractivity contribution in [2.24, 2.45) is 0 Å². The number of sulfone groups is 1. The van der Waals surface area contributed by atoms with Crippen molar-refractivity contribution in [1.29, 1.82) is 0 Å². The molecule has 24 heavy (non-hydrogen) atoms. The minimum Gasteiger partial charge on any atom is -0.380 e. The number of anilines is 1. The minimum absolute atomic E-state index is 0.141. The molecule has 1 aromatic carbocycles. The third-order valence-electron chi connectivity index (χ3n) is 4.73. The van der Waals surface area contributed by atoms with Crippen LogP contribution in [-0.2, 0) is 9.84 Å². The number of alkyl halides is 3. The predicted octanol–water partition coefficient (Wildman–Crippen LogP) is 3.16. The molecular weight excluding hydrogens is 348 g/mol. The van der Waals surface area contributed by atoms with Crippen molar-refractivity contribution in [3.8, 4) is 0 Å². The Labute approximate surface area is 137 Å². The third kappa shape index (κ3) is 3.11. The molecule has 0 spiro atoms. The van der Waals surface area contributed by atoms with Crippen LogP contribution in [0.5, 0.6) is 0 Å². The highest BCUT2D eigenvalue weighted by atomic mass is 32.2. The van der Waals surface area contributed by atoms with Crippen LogP contribution in [-0.4, -0.2) is 44.0 Å². The molecule has 0 aliphatic carbocycles. The molecular formula is C15H18F4N2O2S. The maximum atomic E-state index is 13.4. The van der Waals surface area contributed by atoms with Crippen LogP contribution in [0.1, 0.15) is 25.7 Å². The second kappa shape index (κ2) is 6.18. The molecule has 0 amide bonds. The van der Waals surface area contributed by atoms with Gasteiger partial charge in [0.25, 0.3) is 9.84 Å². The summed E-state index contributed by atoms with van der Waals surface area (Å²) in [6, 6.07) is 2.49. The molecule has 2 aliphatic heterocycles. The minimum atomic E-state index is -5.62. The molecule has 2 fully saturated rings. The number of halogens is 4. The van der Waals surface area contributed by atoms with E-state index in [9.17, 15) is 26.0 Å². The SMILES string of the molecule is O=S(=O)(c1cc(F)ccc1NC1CCN2CCCCC12)C(F)(F)F. The van der Waals surface area contributed by atoms with Crippen molar-refractivity contribution in [3.63, 3.8) is 0 Å². The smallest absolute Gasteiger partial charge is 0.380 e. The largest absolute Gasteiger partial charge is 0.501 e. The van der Waals surface area contributed by atoms with Gasteiger partial charge in [-0.05, 0) is 44.0 Å². The Hall–Kier alpha value is -1.35. The lowest BCUT2D eigenvalue weighted by atomic mass is 9.99. The van der Waals surface area contributed by atoms with Crippen LogP contribution in [0.3, 0.4) is 0 Å². The fourth-order valence-electron chi connectivity index (χ4n) is 3.58. The lowest BCUT2D eigenvalue weighted by molar-refractivity contribution is -0.0435. The molecule has 2 saturated heterocycles. The van der Waals surface area contributed by atoms with Crippen LogP contribution < -0.4 is 5.32 Å². The van der Waals surface area contributed by atoms with Crippen molar-refractivity contribution in [1.82, 2.24) is 4.90 Å². The summed E-state index contributed by atoms with van der Waals surface area (Å²) in [6.07, 6.45) is 3.76. The molecule has 2 atom stereocenters. The Morgan fingerprint density at radius 2 is 1.88 bits per heavy atom. The van der Waals surface area contributed by atoms with Crippen molar-refractivity contribution in [3.05, 3.63) is 24.0 Å². The zero-order chi connectivity index (χ0) is 17.5. The highest BCUT2D eigenvalue weighted by Gasteiger charge is 2.48. The zero-order valence-corrected chi connectivity index (χ0v) is 13.6. The zero-order valence-electron chi connectivity index (χ0n) is 12.8. The van der Waals surface area contributed by atoms with Gasteiger partial charge in [-0.25, -0.2) is 12.8 Å². The van der Waals surface area contributed by atoms with Crippen LogP contribution in [0, 0.1) is 5.82 Å². The van der Waals surface area contributed by atoms with E-state index in [-0.39, 0.29) is 17.8 Å². The number of nitrogens with one attached hydrogen (secondary N) is 1. The molecule has 0 radical (unpaired) electrons. The van der Waals surface area contributed by atoms with Gasteiger partial charge in [0.05, 0.1) is 5.69 Å². The molecule has 9 heteroatoms. The average molecular weight is 366 g/mol. The number of nitrogens with zero attached hydrogens (tertiary/aromatic N) is 1. The number of piperidine rings is 1. The molecule has 1 aromatic rings. The fraction of sp³-hybridized carbons (Fsp3) is 0.600. The second-order valence-electron chi connectivity index (χ2n) is 6.23. The van der Waals surface area contributed by atoms with Crippen molar-refractivity contribution >= 4 is 15.5 Å². The third-order valence-corrected chi connectivity index (χ3v) is 6.26. The van der Waals surface area contributed by atoms with E-state index in [1.54, 1.807) is 0 Å². The summed E-state index contributed by atoms with van der Waals surface area (Å²) in [5.41, 5.74) is -5.66. The molecule has 2 aliphatic rings. The Bertz CT molecular complexity index is 721. The number of hydrogen-bond donors (Lipinski definition) is 1. The standard InChI is InChI=1S/C15H18F4N2O2S/c16-10-4-5-12(14(9-10)24(22,23)15(17,18)19)20-11-6-8-21-7-2-1-3-13(11)21/h4-5,9,11,13,20H,1-3,6-8H2. The molecule has 4 nitrogen and oxygen atoms in total. The van der Waals surface area contributed by atoms with Gasteiger partial charge in [0.1, 0.15) is 10.7 Å². The molecule has 134 valence electrons. The van der Waals surface area contributed by atoms with Crippen LogP contribution >= 0.6 is 0 Å². The molecule has 2 heterocycles. The van der Waals surface area contributed by atoms with Crippen molar-refractivity contribution < 1.29 is 26.0 Å². The van der Waals surface area contributed by atoms with E-state index < -0.39 is 26.1 Å². The first-order chi connectivity index (χ1) is 11.2. The van der Waals surface area contributed by atoms with E-state index in [1.165, 1.54) is 0 Å². The summed E-state index contributed by atoms with van der Waals surface area (Å²) in [5.74, 6) is -1.02. The normalized spacial score (nSPS) is 25.5. The van der Waals surface area contributed by atoms with Crippen molar-refractivity contribution in [2.75, 3.05) is 18.4 Å². The molecule has 0 saturated carbocycles. The molecule has 0 aromatic heterocycles. The summed E-state index contributed by atoms with van der Waals surface area (Å²) < 4.78 is 75.5. The lowest BCUT2D eigenvalue weighted by Crippen LogP contribution is -2.42. The Balaban J connectivity index is 1.92. The first-order valence-corrected chi connectivity index (χ1v) is 9.30. The van der Waals surface area contributed by atoms with Crippen LogP contribution in [0.2, 0.25) is 0 Å². The number of fused-ring (bicyclic) bond motifs is 1. The van der Waals surface area contributed by atoms with E-state index in [2.05, 4.69) is 10.2 Å². The topological polar surface area (TPSA) is 49.4 Å². The van der Waals surface area contributed by atoms with Gasteiger partial charge >= 0.3 is 5.51 Å². The van der Waals surface area contributed by atoms with Gasteiger partial charge in [0, 0.05) is 18.6 Å². The van der Waals surface area contributed by atoms with E-state index in [1.807, 2.05) is 0 Å². The maximum Gasteiger partial charge on any atom is 0.501 e. The quantitative estimate of drug-likeness (QED) is 0.835. The average Bonchev–Trinajstić information content (AvgIpc) is 2.91. The predicted molar refractivity (Wildman–Crippen MR) is 80.9 cm³/mol. The number of benzene rings is 1. The van der Waals surface area contributed by atoms with Crippen LogP contribution in [0.15, 0.2) is 23.1 Å². The summed E-state index contributed by atoms with van der Waals surface area (Å²) in [6.45, 7) is 1.77. The summed E-state index contributed by atoms with van der Waals surface area (Å²) in [4.78, 5) is 1.21. The first kappa shape index (κ1) is 17.5. The highest BCUT2D eigenvalue weighted by Crippen LogP contribution is 2.37. The van der Waals surface area contributed by atoms with Crippen molar-refractivity contribution in [2.45, 2.75) is 48.2 Å². The lowest BCUT2D eigenvalue weighted by Gasteiger charge is -2.33. The van der Waals surface area contributed by atoms with Gasteiger partial charge in [-0.2, -0.15) is 13.2 Å². The van der Waals surface area contributed by atoms with E-state index in [0.29, 0.717) is 12.5 Å². The first-order valence-electron chi connectivity index (χ1n) is 7.81. The van der Waals surface area contributed by atoms with Gasteiger partial charge in [-0.3, -0.25) is 4.90 Å². The van der Waals surface area contributed by atoms with Gasteiger partial charge in [-0.1, -0.05) is 6.42 Å². The van der Waals surface area contributed by atoms with Gasteiger partial charge < -0.3 is 5.32 Å². The van der Waals surface area contributed by atoms with Gasteiger partial charge in [0.2, 0.25) is 0 Å². The molecule has 0 bridgehead atoms. The van der Waals surface area contributed by atoms with E-state index in [4.69, 9.17) is 0 Å². The van der Waals surface area contributed by atoms with Gasteiger partial charge in [0.15, 0.2) is 0 Å².